The van der Waals surface area contributed by atoms with Crippen molar-refractivity contribution in [1.82, 2.24) is 0 Å². The van der Waals surface area contributed by atoms with Gasteiger partial charge in [0.2, 0.25) is 0 Å². The zero-order valence-electron chi connectivity index (χ0n) is 16.9. The highest BCUT2D eigenvalue weighted by Gasteiger charge is 2.76. The number of fused-ring (bicyclic) bond motifs is 5. The monoisotopic (exact) mass is 434 g/mol. The van der Waals surface area contributed by atoms with Crippen molar-refractivity contribution in [2.45, 2.75) is 82.2 Å². The Labute approximate surface area is 172 Å². The first kappa shape index (κ1) is 21.5. The number of aliphatic hydroxyl groups is 2. The molecule has 3 fully saturated rings. The summed E-state index contributed by atoms with van der Waals surface area (Å²) >= 11 is 0.396. The Hall–Kier alpha value is -0.730. The molecule has 4 aliphatic rings. The van der Waals surface area contributed by atoms with Crippen molar-refractivity contribution < 1.29 is 33.3 Å². The fourth-order valence-electron chi connectivity index (χ4n) is 7.51. The minimum atomic E-state index is -2.22. The van der Waals surface area contributed by atoms with Crippen LogP contribution in [-0.2, 0) is 0 Å². The van der Waals surface area contributed by atoms with Gasteiger partial charge in [-0.25, -0.2) is 18.0 Å². The predicted molar refractivity (Wildman–Crippen MR) is 104 cm³/mol. The van der Waals surface area contributed by atoms with Crippen LogP contribution in [0, 0.1) is 28.6 Å². The second kappa shape index (κ2) is 6.39. The lowest BCUT2D eigenvalue weighted by Crippen LogP contribution is -2.70. The van der Waals surface area contributed by atoms with Crippen molar-refractivity contribution in [3.63, 3.8) is 0 Å². The maximum Gasteiger partial charge on any atom is 0.367 e. The molecule has 0 radical (unpaired) electrons. The Morgan fingerprint density at radius 2 is 1.90 bits per heavy atom. The minimum Gasteiger partial charge on any atom is -0.473 e. The van der Waals surface area contributed by atoms with Crippen molar-refractivity contribution in [2.75, 3.05) is 0 Å². The number of rotatable bonds is 1. The number of thioether (sulfide) groups is 1. The first-order valence-electron chi connectivity index (χ1n) is 10.4. The van der Waals surface area contributed by atoms with Gasteiger partial charge < -0.3 is 15.3 Å². The predicted octanol–water partition coefficient (Wildman–Crippen LogP) is 4.99. The molecule has 0 saturated heterocycles. The SMILES string of the molecule is CC1C[C@H]2[C@@H]3CC(F)C4=C(F)CCC[C@]4(C)[C@]3(F)C(O)C[C@]2(C)C1(O)SC(=O)O. The minimum absolute atomic E-state index is 0.0926. The zero-order valence-corrected chi connectivity index (χ0v) is 17.7. The number of alkyl halides is 2. The first-order valence-corrected chi connectivity index (χ1v) is 11.2. The van der Waals surface area contributed by atoms with Gasteiger partial charge >= 0.3 is 5.30 Å². The van der Waals surface area contributed by atoms with Gasteiger partial charge in [-0.1, -0.05) is 20.8 Å². The lowest BCUT2D eigenvalue weighted by molar-refractivity contribution is -0.224. The number of halogens is 3. The molecule has 0 amide bonds. The summed E-state index contributed by atoms with van der Waals surface area (Å²) in [6, 6.07) is 0. The molecule has 4 unspecified atom stereocenters. The van der Waals surface area contributed by atoms with Gasteiger partial charge in [0.25, 0.3) is 0 Å². The lowest BCUT2D eigenvalue weighted by Gasteiger charge is -2.64. The second-order valence-electron chi connectivity index (χ2n) is 10.0. The summed E-state index contributed by atoms with van der Waals surface area (Å²) in [5.74, 6) is -2.50. The Bertz CT molecular complexity index is 777. The van der Waals surface area contributed by atoms with Crippen LogP contribution in [0.4, 0.5) is 18.0 Å². The van der Waals surface area contributed by atoms with Crippen molar-refractivity contribution in [1.29, 1.82) is 0 Å². The Kier molecular flexibility index (Phi) is 4.74. The molecule has 4 nitrogen and oxygen atoms in total. The molecule has 3 saturated carbocycles. The van der Waals surface area contributed by atoms with E-state index < -0.39 is 62.6 Å². The largest absolute Gasteiger partial charge is 0.473 e. The number of hydrogen-bond acceptors (Lipinski definition) is 4. The fraction of sp³-hybridized carbons (Fsp3) is 0.857. The summed E-state index contributed by atoms with van der Waals surface area (Å²) in [5.41, 5.74) is -4.89. The normalized spacial score (nSPS) is 54.6. The third-order valence-corrected chi connectivity index (χ3v) is 10.2. The third-order valence-electron chi connectivity index (χ3n) is 8.86. The molecule has 4 aliphatic carbocycles. The molecular formula is C21H29F3O4S. The topological polar surface area (TPSA) is 77.8 Å². The quantitative estimate of drug-likeness (QED) is 0.507. The van der Waals surface area contributed by atoms with Gasteiger partial charge in [0.05, 0.1) is 6.10 Å². The molecule has 0 aromatic carbocycles. The average molecular weight is 435 g/mol. The molecule has 0 bridgehead atoms. The third kappa shape index (κ3) is 2.45. The van der Waals surface area contributed by atoms with Crippen molar-refractivity contribution >= 4 is 17.1 Å². The van der Waals surface area contributed by atoms with E-state index in [1.165, 1.54) is 6.92 Å². The number of carboxylic acid groups (broad SMARTS) is 1. The van der Waals surface area contributed by atoms with E-state index in [4.69, 9.17) is 0 Å². The Balaban J connectivity index is 1.85. The van der Waals surface area contributed by atoms with E-state index >= 15 is 8.78 Å². The maximum absolute atomic E-state index is 16.9. The number of hydrogen-bond donors (Lipinski definition) is 3. The summed E-state index contributed by atoms with van der Waals surface area (Å²) in [6.45, 7) is 4.93. The molecule has 9 atom stereocenters. The van der Waals surface area contributed by atoms with Crippen LogP contribution in [0.2, 0.25) is 0 Å². The average Bonchev–Trinajstić information content (AvgIpc) is 2.78. The van der Waals surface area contributed by atoms with Gasteiger partial charge in [0.1, 0.15) is 22.6 Å². The van der Waals surface area contributed by atoms with Gasteiger partial charge in [-0.2, -0.15) is 0 Å². The highest BCUT2D eigenvalue weighted by atomic mass is 32.2. The van der Waals surface area contributed by atoms with Crippen molar-refractivity contribution in [2.24, 2.45) is 28.6 Å². The summed E-state index contributed by atoms with van der Waals surface area (Å²) in [7, 11) is 0. The van der Waals surface area contributed by atoms with Crippen LogP contribution in [0.1, 0.15) is 59.3 Å². The standard InChI is InChI=1S/C21H29F3O4S/c1-10-7-11-12-8-14(23)16-13(22)5-4-6-18(16,2)20(12,24)15(25)9-19(11,3)21(10,28)29-17(26)27/h10-12,14-15,25,28H,4-9H2,1-3H3,(H,26,27)/t10?,11-,12-,14?,15?,18-,19-,20+,21?/m0/s1. The van der Waals surface area contributed by atoms with Crippen molar-refractivity contribution in [3.05, 3.63) is 11.4 Å². The molecule has 0 aromatic heterocycles. The highest BCUT2D eigenvalue weighted by molar-refractivity contribution is 8.14. The summed E-state index contributed by atoms with van der Waals surface area (Å²) in [4.78, 5) is 9.73. The Morgan fingerprint density at radius 1 is 1.24 bits per heavy atom. The molecule has 0 aromatic rings. The van der Waals surface area contributed by atoms with Crippen LogP contribution < -0.4 is 0 Å². The molecule has 3 N–H and O–H groups in total. The van der Waals surface area contributed by atoms with Gasteiger partial charge in [0.15, 0.2) is 0 Å². The van der Waals surface area contributed by atoms with Crippen LogP contribution in [0.3, 0.4) is 0 Å². The molecule has 0 heterocycles. The zero-order chi connectivity index (χ0) is 21.6. The van der Waals surface area contributed by atoms with Crippen molar-refractivity contribution in [3.8, 4) is 0 Å². The van der Waals surface area contributed by atoms with E-state index in [9.17, 15) is 24.5 Å². The fourth-order valence-corrected chi connectivity index (χ4v) is 8.54. The Morgan fingerprint density at radius 3 is 2.52 bits per heavy atom. The van der Waals surface area contributed by atoms with E-state index in [1.54, 1.807) is 13.8 Å². The van der Waals surface area contributed by atoms with E-state index in [0.717, 1.165) is 0 Å². The highest BCUT2D eigenvalue weighted by Crippen LogP contribution is 2.73. The smallest absolute Gasteiger partial charge is 0.367 e. The molecule has 29 heavy (non-hydrogen) atoms. The van der Waals surface area contributed by atoms with Crippen LogP contribution in [0.15, 0.2) is 11.4 Å². The second-order valence-corrected chi connectivity index (χ2v) is 11.2. The summed E-state index contributed by atoms with van der Waals surface area (Å²) in [5, 5.41) is 30.6. The van der Waals surface area contributed by atoms with Gasteiger partial charge in [-0.3, -0.25) is 0 Å². The van der Waals surface area contributed by atoms with Crippen LogP contribution >= 0.6 is 11.8 Å². The molecule has 0 aliphatic heterocycles. The van der Waals surface area contributed by atoms with E-state index in [-0.39, 0.29) is 31.3 Å². The molecule has 164 valence electrons. The van der Waals surface area contributed by atoms with Gasteiger partial charge in [0, 0.05) is 22.3 Å². The molecule has 0 spiro atoms. The molecule has 4 rings (SSSR count). The first-order chi connectivity index (χ1) is 13.3. The maximum atomic E-state index is 16.9. The number of allylic oxidation sites excluding steroid dienone is 2. The molecule has 8 heteroatoms. The van der Waals surface area contributed by atoms with E-state index in [2.05, 4.69) is 0 Å². The van der Waals surface area contributed by atoms with Gasteiger partial charge in [-0.15, -0.1) is 0 Å². The number of aliphatic hydroxyl groups excluding tert-OH is 1. The van der Waals surface area contributed by atoms with Gasteiger partial charge in [-0.05, 0) is 62.1 Å². The lowest BCUT2D eigenvalue weighted by atomic mass is 9.44. The van der Waals surface area contributed by atoms with E-state index in [1.807, 2.05) is 0 Å². The van der Waals surface area contributed by atoms with E-state index in [0.29, 0.717) is 24.6 Å². The number of carbonyl (C=O) groups is 1. The van der Waals surface area contributed by atoms with Crippen LogP contribution in [-0.4, -0.2) is 43.5 Å². The molecular weight excluding hydrogens is 405 g/mol. The summed E-state index contributed by atoms with van der Waals surface area (Å²) in [6.07, 6.45) is -2.51. The van der Waals surface area contributed by atoms with Crippen LogP contribution in [0.5, 0.6) is 0 Å². The van der Waals surface area contributed by atoms with Crippen LogP contribution in [0.25, 0.3) is 0 Å². The summed E-state index contributed by atoms with van der Waals surface area (Å²) < 4.78 is 46.8.